The van der Waals surface area contributed by atoms with Crippen molar-refractivity contribution >= 4 is 9.84 Å². The number of hydrogen-bond donors (Lipinski definition) is 1. The molecule has 0 aromatic heterocycles. The minimum atomic E-state index is -3.71. The molecular formula is C15H16FNO2S. The second-order valence-corrected chi connectivity index (χ2v) is 6.73. The zero-order valence-electron chi connectivity index (χ0n) is 11.1. The predicted molar refractivity (Wildman–Crippen MR) is 76.6 cm³/mol. The molecule has 2 rings (SSSR count). The SMILES string of the molecule is Cc1ccc(S(=O)(=O)C(CN)c2ccccc2F)cc1. The third-order valence-electron chi connectivity index (χ3n) is 3.19. The monoisotopic (exact) mass is 293 g/mol. The Hall–Kier alpha value is -1.72. The van der Waals surface area contributed by atoms with E-state index in [0.717, 1.165) is 5.56 Å². The Morgan fingerprint density at radius 2 is 1.70 bits per heavy atom. The third kappa shape index (κ3) is 2.73. The molecule has 1 atom stereocenters. The lowest BCUT2D eigenvalue weighted by molar-refractivity contribution is 0.568. The molecule has 0 aliphatic heterocycles. The summed E-state index contributed by atoms with van der Waals surface area (Å²) in [5.74, 6) is -0.557. The predicted octanol–water partition coefficient (Wildman–Crippen LogP) is 2.61. The van der Waals surface area contributed by atoms with E-state index in [0.29, 0.717) is 0 Å². The molecule has 2 aromatic rings. The van der Waals surface area contributed by atoms with Gasteiger partial charge in [0, 0.05) is 12.1 Å². The summed E-state index contributed by atoms with van der Waals surface area (Å²) in [4.78, 5) is 0.154. The Kier molecular flexibility index (Phi) is 4.20. The molecule has 20 heavy (non-hydrogen) atoms. The molecule has 0 heterocycles. The fourth-order valence-electron chi connectivity index (χ4n) is 2.05. The Labute approximate surface area is 118 Å². The Balaban J connectivity index is 2.51. The lowest BCUT2D eigenvalue weighted by atomic mass is 10.1. The van der Waals surface area contributed by atoms with Crippen molar-refractivity contribution in [2.45, 2.75) is 17.1 Å². The number of hydrogen-bond acceptors (Lipinski definition) is 3. The largest absolute Gasteiger partial charge is 0.329 e. The van der Waals surface area contributed by atoms with Crippen molar-refractivity contribution in [2.24, 2.45) is 5.73 Å². The summed E-state index contributed by atoms with van der Waals surface area (Å²) in [5.41, 5.74) is 6.65. The molecule has 0 aliphatic carbocycles. The third-order valence-corrected chi connectivity index (χ3v) is 5.32. The summed E-state index contributed by atoms with van der Waals surface area (Å²) < 4.78 is 39.0. The van der Waals surface area contributed by atoms with E-state index >= 15 is 0 Å². The molecule has 0 amide bonds. The van der Waals surface area contributed by atoms with Crippen LogP contribution in [0, 0.1) is 12.7 Å². The van der Waals surface area contributed by atoms with Crippen LogP contribution in [0.1, 0.15) is 16.4 Å². The minimum Gasteiger partial charge on any atom is -0.329 e. The van der Waals surface area contributed by atoms with Crippen molar-refractivity contribution < 1.29 is 12.8 Å². The van der Waals surface area contributed by atoms with Crippen molar-refractivity contribution in [1.82, 2.24) is 0 Å². The van der Waals surface area contributed by atoms with Crippen molar-refractivity contribution in [3.8, 4) is 0 Å². The molecular weight excluding hydrogens is 277 g/mol. The second kappa shape index (κ2) is 5.73. The maximum atomic E-state index is 13.8. The van der Waals surface area contributed by atoms with E-state index in [1.165, 1.54) is 30.3 Å². The number of nitrogens with two attached hydrogens (primary N) is 1. The van der Waals surface area contributed by atoms with E-state index in [1.54, 1.807) is 18.2 Å². The van der Waals surface area contributed by atoms with Crippen LogP contribution in [0.25, 0.3) is 0 Å². The molecule has 106 valence electrons. The molecule has 0 bridgehead atoms. The smallest absolute Gasteiger partial charge is 0.186 e. The molecule has 5 heteroatoms. The molecule has 0 saturated carbocycles. The van der Waals surface area contributed by atoms with Gasteiger partial charge in [0.1, 0.15) is 11.1 Å². The van der Waals surface area contributed by atoms with Crippen LogP contribution in [-0.4, -0.2) is 15.0 Å². The standard InChI is InChI=1S/C15H16FNO2S/c1-11-6-8-12(9-7-11)20(18,19)15(10-17)13-4-2-3-5-14(13)16/h2-9,15H,10,17H2,1H3. The van der Waals surface area contributed by atoms with Gasteiger partial charge in [-0.3, -0.25) is 0 Å². The molecule has 1 unspecified atom stereocenters. The zero-order valence-corrected chi connectivity index (χ0v) is 11.9. The highest BCUT2D eigenvalue weighted by Gasteiger charge is 2.29. The van der Waals surface area contributed by atoms with Gasteiger partial charge in [-0.05, 0) is 25.1 Å². The first-order valence-corrected chi connectivity index (χ1v) is 7.76. The Morgan fingerprint density at radius 3 is 2.25 bits per heavy atom. The van der Waals surface area contributed by atoms with Gasteiger partial charge in [0.2, 0.25) is 0 Å². The van der Waals surface area contributed by atoms with E-state index in [-0.39, 0.29) is 17.0 Å². The van der Waals surface area contributed by atoms with E-state index in [1.807, 2.05) is 6.92 Å². The first-order chi connectivity index (χ1) is 9.46. The van der Waals surface area contributed by atoms with Gasteiger partial charge in [0.15, 0.2) is 9.84 Å². The van der Waals surface area contributed by atoms with Crippen LogP contribution in [-0.2, 0) is 9.84 Å². The van der Waals surface area contributed by atoms with Crippen LogP contribution in [0.2, 0.25) is 0 Å². The minimum absolute atomic E-state index is 0.107. The molecule has 3 nitrogen and oxygen atoms in total. The molecule has 2 aromatic carbocycles. The van der Waals surface area contributed by atoms with Crippen LogP contribution in [0.5, 0.6) is 0 Å². The average Bonchev–Trinajstić information content (AvgIpc) is 2.42. The highest BCUT2D eigenvalue weighted by Crippen LogP contribution is 2.29. The molecule has 0 fully saturated rings. The van der Waals surface area contributed by atoms with E-state index in [2.05, 4.69) is 0 Å². The number of rotatable bonds is 4. The molecule has 2 N–H and O–H groups in total. The maximum absolute atomic E-state index is 13.8. The highest BCUT2D eigenvalue weighted by atomic mass is 32.2. The van der Waals surface area contributed by atoms with Crippen LogP contribution in [0.15, 0.2) is 53.4 Å². The summed E-state index contributed by atoms with van der Waals surface area (Å²) in [5, 5.41) is -1.08. The Bertz CT molecular complexity index is 696. The second-order valence-electron chi connectivity index (χ2n) is 4.60. The number of sulfone groups is 1. The normalized spacial score (nSPS) is 13.2. The molecule has 0 radical (unpaired) electrons. The lowest BCUT2D eigenvalue weighted by Crippen LogP contribution is -2.23. The van der Waals surface area contributed by atoms with Gasteiger partial charge in [-0.2, -0.15) is 0 Å². The van der Waals surface area contributed by atoms with Gasteiger partial charge in [-0.15, -0.1) is 0 Å². The fourth-order valence-corrected chi connectivity index (χ4v) is 3.67. The van der Waals surface area contributed by atoms with Gasteiger partial charge in [-0.1, -0.05) is 35.9 Å². The summed E-state index contributed by atoms with van der Waals surface area (Å²) >= 11 is 0. The number of halogens is 1. The first kappa shape index (κ1) is 14.7. The quantitative estimate of drug-likeness (QED) is 0.942. The summed E-state index contributed by atoms with van der Waals surface area (Å²) in [6, 6.07) is 12.3. The summed E-state index contributed by atoms with van der Waals surface area (Å²) in [6.07, 6.45) is 0. The van der Waals surface area contributed by atoms with Gasteiger partial charge in [0.05, 0.1) is 4.90 Å². The average molecular weight is 293 g/mol. The maximum Gasteiger partial charge on any atom is 0.186 e. The van der Waals surface area contributed by atoms with Gasteiger partial charge in [0.25, 0.3) is 0 Å². The van der Waals surface area contributed by atoms with Crippen molar-refractivity contribution in [3.63, 3.8) is 0 Å². The van der Waals surface area contributed by atoms with E-state index in [9.17, 15) is 12.8 Å². The highest BCUT2D eigenvalue weighted by molar-refractivity contribution is 7.91. The van der Waals surface area contributed by atoms with Crippen LogP contribution in [0.3, 0.4) is 0 Å². The topological polar surface area (TPSA) is 60.2 Å². The van der Waals surface area contributed by atoms with Crippen molar-refractivity contribution in [2.75, 3.05) is 6.54 Å². The van der Waals surface area contributed by atoms with Crippen LogP contribution >= 0.6 is 0 Å². The van der Waals surface area contributed by atoms with Gasteiger partial charge < -0.3 is 5.73 Å². The van der Waals surface area contributed by atoms with Gasteiger partial charge in [-0.25, -0.2) is 12.8 Å². The molecule has 0 saturated heterocycles. The van der Waals surface area contributed by atoms with Crippen LogP contribution in [0.4, 0.5) is 4.39 Å². The van der Waals surface area contributed by atoms with Crippen LogP contribution < -0.4 is 5.73 Å². The molecule has 0 aliphatic rings. The Morgan fingerprint density at radius 1 is 1.10 bits per heavy atom. The zero-order chi connectivity index (χ0) is 14.8. The van der Waals surface area contributed by atoms with E-state index < -0.39 is 20.9 Å². The molecule has 0 spiro atoms. The van der Waals surface area contributed by atoms with Crippen molar-refractivity contribution in [3.05, 3.63) is 65.5 Å². The number of aryl methyl sites for hydroxylation is 1. The van der Waals surface area contributed by atoms with Crippen molar-refractivity contribution in [1.29, 1.82) is 0 Å². The lowest BCUT2D eigenvalue weighted by Gasteiger charge is -2.17. The van der Waals surface area contributed by atoms with Gasteiger partial charge >= 0.3 is 0 Å². The first-order valence-electron chi connectivity index (χ1n) is 6.22. The summed E-state index contributed by atoms with van der Waals surface area (Å²) in [7, 11) is -3.71. The summed E-state index contributed by atoms with van der Waals surface area (Å²) in [6.45, 7) is 1.70. The van der Waals surface area contributed by atoms with E-state index in [4.69, 9.17) is 5.73 Å². The number of benzene rings is 2. The fraction of sp³-hybridized carbons (Fsp3) is 0.200.